The van der Waals surface area contributed by atoms with Gasteiger partial charge in [-0.25, -0.2) is 24.9 Å². The number of carbonyl (C=O) groups excluding carboxylic acids is 2. The summed E-state index contributed by atoms with van der Waals surface area (Å²) in [5, 5.41) is 0. The molecule has 9 heteroatoms. The molecular weight excluding hydrogens is 382 g/mol. The van der Waals surface area contributed by atoms with Crippen LogP contribution in [0.2, 0.25) is 0 Å². The first-order valence-electron chi connectivity index (χ1n) is 9.59. The van der Waals surface area contributed by atoms with Crippen LogP contribution in [0, 0.1) is 0 Å². The maximum absolute atomic E-state index is 12.8. The zero-order valence-electron chi connectivity index (χ0n) is 17.4. The molecule has 0 aliphatic heterocycles. The predicted octanol–water partition coefficient (Wildman–Crippen LogP) is 2.34. The van der Waals surface area contributed by atoms with Gasteiger partial charge in [-0.1, -0.05) is 19.9 Å². The Hall–Kier alpha value is -3.75. The molecule has 3 rings (SSSR count). The SMILES string of the molecule is CCc1cnc(N(C)C(=O)c2cccc(C(=O)N(C)c3ncc(CC)cn3)n2)nc1. The number of amides is 2. The minimum atomic E-state index is -0.417. The summed E-state index contributed by atoms with van der Waals surface area (Å²) >= 11 is 0. The Bertz CT molecular complexity index is 955. The summed E-state index contributed by atoms with van der Waals surface area (Å²) in [7, 11) is 3.13. The summed E-state index contributed by atoms with van der Waals surface area (Å²) < 4.78 is 0. The molecule has 0 N–H and O–H groups in total. The molecule has 0 aliphatic carbocycles. The molecule has 0 fully saturated rings. The lowest BCUT2D eigenvalue weighted by atomic mass is 10.2. The first-order valence-corrected chi connectivity index (χ1v) is 9.59. The van der Waals surface area contributed by atoms with E-state index in [0.717, 1.165) is 24.0 Å². The highest BCUT2D eigenvalue weighted by Gasteiger charge is 2.21. The van der Waals surface area contributed by atoms with E-state index in [2.05, 4.69) is 24.9 Å². The van der Waals surface area contributed by atoms with Crippen LogP contribution in [0.3, 0.4) is 0 Å². The van der Waals surface area contributed by atoms with E-state index < -0.39 is 11.8 Å². The third-order valence-corrected chi connectivity index (χ3v) is 4.60. The fraction of sp³-hybridized carbons (Fsp3) is 0.286. The highest BCUT2D eigenvalue weighted by molar-refractivity contribution is 6.06. The lowest BCUT2D eigenvalue weighted by Gasteiger charge is -2.17. The van der Waals surface area contributed by atoms with Crippen LogP contribution < -0.4 is 9.80 Å². The Morgan fingerprint density at radius 1 is 0.733 bits per heavy atom. The Morgan fingerprint density at radius 2 is 1.10 bits per heavy atom. The van der Waals surface area contributed by atoms with Gasteiger partial charge < -0.3 is 0 Å². The monoisotopic (exact) mass is 405 g/mol. The minimum absolute atomic E-state index is 0.113. The largest absolute Gasteiger partial charge is 0.278 e. The summed E-state index contributed by atoms with van der Waals surface area (Å²) in [6.45, 7) is 4.00. The highest BCUT2D eigenvalue weighted by atomic mass is 16.2. The van der Waals surface area contributed by atoms with E-state index in [1.165, 1.54) is 9.80 Å². The second kappa shape index (κ2) is 9.17. The molecule has 3 aromatic heterocycles. The number of nitrogens with zero attached hydrogens (tertiary/aromatic N) is 7. The average molecular weight is 405 g/mol. The molecular formula is C21H23N7O2. The van der Waals surface area contributed by atoms with Crippen molar-refractivity contribution in [2.24, 2.45) is 0 Å². The fourth-order valence-corrected chi connectivity index (χ4v) is 2.61. The fourth-order valence-electron chi connectivity index (χ4n) is 2.61. The number of aromatic nitrogens is 5. The van der Waals surface area contributed by atoms with E-state index in [-0.39, 0.29) is 23.3 Å². The molecule has 30 heavy (non-hydrogen) atoms. The van der Waals surface area contributed by atoms with Crippen molar-refractivity contribution in [1.82, 2.24) is 24.9 Å². The van der Waals surface area contributed by atoms with Crippen LogP contribution in [0.5, 0.6) is 0 Å². The Morgan fingerprint density at radius 3 is 1.43 bits per heavy atom. The molecule has 3 aromatic rings. The van der Waals surface area contributed by atoms with Crippen LogP contribution in [-0.2, 0) is 12.8 Å². The second-order valence-electron chi connectivity index (χ2n) is 6.63. The Balaban J connectivity index is 1.79. The van der Waals surface area contributed by atoms with Crippen molar-refractivity contribution in [2.45, 2.75) is 26.7 Å². The van der Waals surface area contributed by atoms with Crippen LogP contribution in [0.4, 0.5) is 11.9 Å². The summed E-state index contributed by atoms with van der Waals surface area (Å²) in [6.07, 6.45) is 8.33. The van der Waals surface area contributed by atoms with Gasteiger partial charge in [0.15, 0.2) is 0 Å². The van der Waals surface area contributed by atoms with Crippen LogP contribution in [0.15, 0.2) is 43.0 Å². The topological polar surface area (TPSA) is 105 Å². The van der Waals surface area contributed by atoms with E-state index in [1.807, 2.05) is 13.8 Å². The van der Waals surface area contributed by atoms with Crippen molar-refractivity contribution in [1.29, 1.82) is 0 Å². The van der Waals surface area contributed by atoms with E-state index in [9.17, 15) is 9.59 Å². The van der Waals surface area contributed by atoms with Crippen molar-refractivity contribution in [2.75, 3.05) is 23.9 Å². The minimum Gasteiger partial charge on any atom is -0.278 e. The van der Waals surface area contributed by atoms with Gasteiger partial charge in [0.05, 0.1) is 0 Å². The standard InChI is InChI=1S/C21H23N7O2/c1-5-14-10-22-20(23-11-14)27(3)18(29)16-8-7-9-17(26-16)19(30)28(4)21-24-12-15(6-2)13-25-21/h7-13H,5-6H2,1-4H3. The summed E-state index contributed by atoms with van der Waals surface area (Å²) in [4.78, 5) is 49.3. The van der Waals surface area contributed by atoms with Gasteiger partial charge in [-0.2, -0.15) is 0 Å². The molecule has 9 nitrogen and oxygen atoms in total. The predicted molar refractivity (Wildman–Crippen MR) is 113 cm³/mol. The molecule has 154 valence electrons. The number of anilines is 2. The van der Waals surface area contributed by atoms with Gasteiger partial charge in [0, 0.05) is 38.9 Å². The molecule has 0 aromatic carbocycles. The highest BCUT2D eigenvalue weighted by Crippen LogP contribution is 2.13. The number of hydrogen-bond donors (Lipinski definition) is 0. The molecule has 3 heterocycles. The average Bonchev–Trinajstić information content (AvgIpc) is 2.82. The van der Waals surface area contributed by atoms with Crippen molar-refractivity contribution in [3.8, 4) is 0 Å². The first kappa shape index (κ1) is 21.0. The lowest BCUT2D eigenvalue weighted by Crippen LogP contribution is -2.31. The Labute approximate surface area is 174 Å². The van der Waals surface area contributed by atoms with Gasteiger partial charge in [0.2, 0.25) is 11.9 Å². The van der Waals surface area contributed by atoms with Gasteiger partial charge >= 0.3 is 0 Å². The van der Waals surface area contributed by atoms with Gasteiger partial charge in [0.1, 0.15) is 11.4 Å². The number of pyridine rings is 1. The third kappa shape index (κ3) is 4.45. The van der Waals surface area contributed by atoms with E-state index in [0.29, 0.717) is 0 Å². The molecule has 0 aliphatic rings. The van der Waals surface area contributed by atoms with Crippen LogP contribution in [-0.4, -0.2) is 50.8 Å². The maximum atomic E-state index is 12.8. The van der Waals surface area contributed by atoms with Crippen LogP contribution >= 0.6 is 0 Å². The molecule has 0 saturated heterocycles. The van der Waals surface area contributed by atoms with Crippen LogP contribution in [0.25, 0.3) is 0 Å². The number of aryl methyl sites for hydroxylation is 2. The molecule has 0 unspecified atom stereocenters. The lowest BCUT2D eigenvalue weighted by molar-refractivity contribution is 0.0982. The number of carbonyl (C=O) groups is 2. The first-order chi connectivity index (χ1) is 14.4. The van der Waals surface area contributed by atoms with Gasteiger partial charge in [-0.05, 0) is 36.1 Å². The Kier molecular flexibility index (Phi) is 6.41. The van der Waals surface area contributed by atoms with Gasteiger partial charge in [0.25, 0.3) is 11.8 Å². The van der Waals surface area contributed by atoms with E-state index in [1.54, 1.807) is 57.1 Å². The van der Waals surface area contributed by atoms with Crippen molar-refractivity contribution in [3.63, 3.8) is 0 Å². The number of rotatable bonds is 6. The van der Waals surface area contributed by atoms with E-state index in [4.69, 9.17) is 0 Å². The van der Waals surface area contributed by atoms with Gasteiger partial charge in [-0.3, -0.25) is 19.4 Å². The summed E-state index contributed by atoms with van der Waals surface area (Å²) in [5.41, 5.74) is 2.18. The zero-order valence-corrected chi connectivity index (χ0v) is 17.4. The molecule has 0 bridgehead atoms. The normalized spacial score (nSPS) is 10.5. The second-order valence-corrected chi connectivity index (χ2v) is 6.63. The summed E-state index contributed by atoms with van der Waals surface area (Å²) in [6, 6.07) is 4.70. The molecule has 0 radical (unpaired) electrons. The van der Waals surface area contributed by atoms with E-state index >= 15 is 0 Å². The molecule has 0 spiro atoms. The van der Waals surface area contributed by atoms with Gasteiger partial charge in [-0.15, -0.1) is 0 Å². The third-order valence-electron chi connectivity index (χ3n) is 4.60. The van der Waals surface area contributed by atoms with Crippen molar-refractivity contribution < 1.29 is 9.59 Å². The molecule has 2 amide bonds. The van der Waals surface area contributed by atoms with Crippen LogP contribution in [0.1, 0.15) is 46.0 Å². The van der Waals surface area contributed by atoms with Crippen molar-refractivity contribution in [3.05, 3.63) is 65.5 Å². The smallest absolute Gasteiger partial charge is 0.278 e. The molecule has 0 saturated carbocycles. The molecule has 0 atom stereocenters. The quantitative estimate of drug-likeness (QED) is 0.620. The number of hydrogen-bond acceptors (Lipinski definition) is 7. The zero-order chi connectivity index (χ0) is 21.7. The maximum Gasteiger partial charge on any atom is 0.278 e. The van der Waals surface area contributed by atoms with Crippen molar-refractivity contribution >= 4 is 23.7 Å². The summed E-state index contributed by atoms with van der Waals surface area (Å²) in [5.74, 6) is -0.310.